The number of benzene rings is 1. The van der Waals surface area contributed by atoms with E-state index in [0.29, 0.717) is 6.42 Å². The fourth-order valence-corrected chi connectivity index (χ4v) is 4.67. The van der Waals surface area contributed by atoms with Gasteiger partial charge in [-0.2, -0.15) is 23.1 Å². The lowest BCUT2D eigenvalue weighted by atomic mass is 10.1. The molecule has 0 radical (unpaired) electrons. The molecule has 0 aliphatic rings. The molecule has 1 aromatic carbocycles. The number of para-hydroxylation sites is 2. The summed E-state index contributed by atoms with van der Waals surface area (Å²) in [4.78, 5) is 21.1. The van der Waals surface area contributed by atoms with Crippen molar-refractivity contribution in [3.8, 4) is 0 Å². The van der Waals surface area contributed by atoms with E-state index in [0.717, 1.165) is 34.6 Å². The lowest BCUT2D eigenvalue weighted by molar-refractivity contribution is -0.122. The number of carbonyl (C=O) groups excluding carboxylic acids is 1. The van der Waals surface area contributed by atoms with Gasteiger partial charge in [-0.15, -0.1) is 0 Å². The number of nitrogens with one attached hydrogen (secondary N) is 2. The average Bonchev–Trinajstić information content (AvgIpc) is 3.49. The number of amides is 1. The first-order valence-electron chi connectivity index (χ1n) is 9.62. The number of fused-ring (bicyclic) bond motifs is 1. The van der Waals surface area contributed by atoms with Crippen LogP contribution in [-0.2, 0) is 4.79 Å². The van der Waals surface area contributed by atoms with Crippen molar-refractivity contribution in [2.45, 2.75) is 24.9 Å². The Hall–Kier alpha value is -2.51. The van der Waals surface area contributed by atoms with Crippen LogP contribution in [0.2, 0.25) is 0 Å². The molecule has 5 nitrogen and oxygen atoms in total. The number of H-pyrrole nitrogens is 1. The minimum Gasteiger partial charge on any atom is -0.346 e. The van der Waals surface area contributed by atoms with Gasteiger partial charge in [-0.3, -0.25) is 4.79 Å². The molecule has 0 spiro atoms. The zero-order valence-corrected chi connectivity index (χ0v) is 17.9. The maximum Gasteiger partial charge on any atom is 0.223 e. The van der Waals surface area contributed by atoms with Gasteiger partial charge in [-0.05, 0) is 65.1 Å². The van der Waals surface area contributed by atoms with Gasteiger partial charge in [0.15, 0.2) is 0 Å². The molecule has 3 heterocycles. The van der Waals surface area contributed by atoms with E-state index in [2.05, 4.69) is 38.0 Å². The van der Waals surface area contributed by atoms with Crippen molar-refractivity contribution < 1.29 is 4.79 Å². The zero-order valence-electron chi connectivity index (χ0n) is 16.2. The van der Waals surface area contributed by atoms with Gasteiger partial charge < -0.3 is 14.9 Å². The fourth-order valence-electron chi connectivity index (χ4n) is 3.49. The van der Waals surface area contributed by atoms with Crippen LogP contribution in [0.15, 0.2) is 65.6 Å². The summed E-state index contributed by atoms with van der Waals surface area (Å²) in [5.41, 5.74) is 3.08. The molecule has 1 unspecified atom stereocenters. The Morgan fingerprint density at radius 1 is 1.24 bits per heavy atom. The van der Waals surface area contributed by atoms with Crippen LogP contribution in [0.4, 0.5) is 0 Å². The Bertz CT molecular complexity index is 973. The van der Waals surface area contributed by atoms with Crippen molar-refractivity contribution in [3.05, 3.63) is 77.0 Å². The molecule has 0 fully saturated rings. The van der Waals surface area contributed by atoms with E-state index in [1.807, 2.05) is 48.8 Å². The predicted molar refractivity (Wildman–Crippen MR) is 121 cm³/mol. The Balaban J connectivity index is 1.52. The first-order chi connectivity index (χ1) is 14.2. The number of hydrogen-bond acceptors (Lipinski definition) is 4. The van der Waals surface area contributed by atoms with Crippen LogP contribution in [-0.4, -0.2) is 32.5 Å². The van der Waals surface area contributed by atoms with Crippen molar-refractivity contribution >= 4 is 40.0 Å². The number of thiophene rings is 1. The SMILES string of the molecule is CSCC[C@H](NC(=O)CC(c1ccsc1)n1cccc1)c1nc2ccccc2[nH]1. The van der Waals surface area contributed by atoms with E-state index < -0.39 is 0 Å². The molecule has 4 aromatic rings. The van der Waals surface area contributed by atoms with Crippen LogP contribution in [0.5, 0.6) is 0 Å². The second-order valence-corrected chi connectivity index (χ2v) is 8.71. The summed E-state index contributed by atoms with van der Waals surface area (Å²) >= 11 is 3.43. The van der Waals surface area contributed by atoms with E-state index >= 15 is 0 Å². The maximum absolute atomic E-state index is 13.0. The Morgan fingerprint density at radius 2 is 2.07 bits per heavy atom. The first kappa shape index (κ1) is 19.8. The monoisotopic (exact) mass is 424 g/mol. The standard InChI is InChI=1S/C22H24N4OS2/c1-28-12-9-19(22-24-17-6-2-3-7-18(17)25-22)23-21(27)14-20(16-8-13-29-15-16)26-10-4-5-11-26/h2-8,10-11,13,15,19-20H,9,12,14H2,1H3,(H,23,27)(H,24,25)/t19-,20?/m0/s1. The normalized spacial score (nSPS) is 13.4. The summed E-state index contributed by atoms with van der Waals surface area (Å²) in [7, 11) is 0. The van der Waals surface area contributed by atoms with Gasteiger partial charge in [0.1, 0.15) is 5.82 Å². The van der Waals surface area contributed by atoms with Gasteiger partial charge in [0.05, 0.1) is 29.5 Å². The highest BCUT2D eigenvalue weighted by Gasteiger charge is 2.22. The van der Waals surface area contributed by atoms with Crippen LogP contribution in [0.25, 0.3) is 11.0 Å². The van der Waals surface area contributed by atoms with Gasteiger partial charge in [0, 0.05) is 12.4 Å². The molecule has 4 rings (SSSR count). The van der Waals surface area contributed by atoms with Crippen molar-refractivity contribution in [1.29, 1.82) is 0 Å². The maximum atomic E-state index is 13.0. The van der Waals surface area contributed by atoms with E-state index in [4.69, 9.17) is 4.98 Å². The second-order valence-electron chi connectivity index (χ2n) is 6.95. The molecule has 0 saturated heterocycles. The third-order valence-electron chi connectivity index (χ3n) is 4.98. The van der Waals surface area contributed by atoms with Crippen molar-refractivity contribution in [2.75, 3.05) is 12.0 Å². The highest BCUT2D eigenvalue weighted by Crippen LogP contribution is 2.26. The quantitative estimate of drug-likeness (QED) is 0.397. The topological polar surface area (TPSA) is 62.7 Å². The zero-order chi connectivity index (χ0) is 20.1. The van der Waals surface area contributed by atoms with Crippen LogP contribution < -0.4 is 5.32 Å². The Kier molecular flexibility index (Phi) is 6.36. The number of hydrogen-bond donors (Lipinski definition) is 2. The number of aromatic nitrogens is 3. The summed E-state index contributed by atoms with van der Waals surface area (Å²) in [6.45, 7) is 0. The lowest BCUT2D eigenvalue weighted by Gasteiger charge is -2.21. The number of imidazole rings is 1. The molecule has 2 N–H and O–H groups in total. The third kappa shape index (κ3) is 4.74. The highest BCUT2D eigenvalue weighted by atomic mass is 32.2. The number of carbonyl (C=O) groups is 1. The summed E-state index contributed by atoms with van der Waals surface area (Å²) in [6, 6.07) is 13.9. The summed E-state index contributed by atoms with van der Waals surface area (Å²) < 4.78 is 2.10. The summed E-state index contributed by atoms with van der Waals surface area (Å²) in [6.07, 6.45) is 7.33. The molecular formula is C22H24N4OS2. The van der Waals surface area contributed by atoms with Gasteiger partial charge in [0.2, 0.25) is 5.91 Å². The van der Waals surface area contributed by atoms with Crippen LogP contribution in [0.3, 0.4) is 0 Å². The van der Waals surface area contributed by atoms with Crippen LogP contribution >= 0.6 is 23.1 Å². The molecule has 0 aliphatic heterocycles. The van der Waals surface area contributed by atoms with E-state index in [-0.39, 0.29) is 18.0 Å². The third-order valence-corrected chi connectivity index (χ3v) is 6.32. The van der Waals surface area contributed by atoms with E-state index in [9.17, 15) is 4.79 Å². The van der Waals surface area contributed by atoms with Crippen LogP contribution in [0, 0.1) is 0 Å². The molecule has 1 amide bonds. The van der Waals surface area contributed by atoms with Crippen molar-refractivity contribution in [1.82, 2.24) is 19.9 Å². The molecular weight excluding hydrogens is 400 g/mol. The largest absolute Gasteiger partial charge is 0.346 e. The molecule has 3 aromatic heterocycles. The average molecular weight is 425 g/mol. The van der Waals surface area contributed by atoms with Gasteiger partial charge in [-0.25, -0.2) is 4.98 Å². The fraction of sp³-hybridized carbons (Fsp3) is 0.273. The molecule has 150 valence electrons. The lowest BCUT2D eigenvalue weighted by Crippen LogP contribution is -2.31. The van der Waals surface area contributed by atoms with E-state index in [1.165, 1.54) is 0 Å². The molecule has 7 heteroatoms. The number of rotatable bonds is 9. The van der Waals surface area contributed by atoms with Crippen molar-refractivity contribution in [2.24, 2.45) is 0 Å². The van der Waals surface area contributed by atoms with E-state index in [1.54, 1.807) is 23.1 Å². The minimum atomic E-state index is -0.130. The molecule has 0 aliphatic carbocycles. The highest BCUT2D eigenvalue weighted by molar-refractivity contribution is 7.98. The van der Waals surface area contributed by atoms with Gasteiger partial charge in [0.25, 0.3) is 0 Å². The number of thioether (sulfide) groups is 1. The Labute approximate surface area is 178 Å². The Morgan fingerprint density at radius 3 is 2.79 bits per heavy atom. The molecule has 29 heavy (non-hydrogen) atoms. The summed E-state index contributed by atoms with van der Waals surface area (Å²) in [5, 5.41) is 7.40. The number of aromatic amines is 1. The van der Waals surface area contributed by atoms with Crippen molar-refractivity contribution in [3.63, 3.8) is 0 Å². The molecule has 0 saturated carbocycles. The van der Waals surface area contributed by atoms with Gasteiger partial charge >= 0.3 is 0 Å². The minimum absolute atomic E-state index is 0.00637. The first-order valence-corrected chi connectivity index (χ1v) is 12.0. The van der Waals surface area contributed by atoms with Gasteiger partial charge in [-0.1, -0.05) is 12.1 Å². The molecule has 0 bridgehead atoms. The second kappa shape index (κ2) is 9.33. The summed E-state index contributed by atoms with van der Waals surface area (Å²) in [5.74, 6) is 1.80. The molecule has 2 atom stereocenters. The van der Waals surface area contributed by atoms with Crippen LogP contribution in [0.1, 0.15) is 36.3 Å². The predicted octanol–water partition coefficient (Wildman–Crippen LogP) is 5.02. The smallest absolute Gasteiger partial charge is 0.223 e. The number of nitrogens with zero attached hydrogens (tertiary/aromatic N) is 2.